The second kappa shape index (κ2) is 5.51. The van der Waals surface area contributed by atoms with E-state index >= 15 is 0 Å². The van der Waals surface area contributed by atoms with Gasteiger partial charge in [-0.3, -0.25) is 14.9 Å². The first kappa shape index (κ1) is 14.7. The molecule has 3 rings (SSSR count). The number of benzene rings is 2. The van der Waals surface area contributed by atoms with Gasteiger partial charge in [0.25, 0.3) is 5.69 Å². The maximum atomic E-state index is 12.2. The van der Waals surface area contributed by atoms with E-state index in [2.05, 4.69) is 15.9 Å². The topological polar surface area (TPSA) is 89.7 Å². The average molecular weight is 364 g/mol. The number of ether oxygens (including phenoxy) is 1. The first-order valence-corrected chi connectivity index (χ1v) is 7.19. The summed E-state index contributed by atoms with van der Waals surface area (Å²) in [6.45, 7) is 0. The molecule has 0 spiro atoms. The molecule has 1 aliphatic rings. The molecule has 2 unspecified atom stereocenters. The number of carbonyl (C=O) groups is 1. The Labute approximate surface area is 133 Å². The van der Waals surface area contributed by atoms with E-state index in [1.165, 1.54) is 24.3 Å². The largest absolute Gasteiger partial charge is 0.482 e. The highest BCUT2D eigenvalue weighted by Gasteiger charge is 2.37. The number of rotatable bonds is 2. The number of fused-ring (bicyclic) bond motifs is 1. The molecule has 1 heterocycles. The predicted molar refractivity (Wildman–Crippen MR) is 80.9 cm³/mol. The third kappa shape index (κ3) is 2.49. The lowest BCUT2D eigenvalue weighted by molar-refractivity contribution is -0.384. The first-order valence-electron chi connectivity index (χ1n) is 6.40. The van der Waals surface area contributed by atoms with Crippen molar-refractivity contribution in [3.8, 4) is 5.75 Å². The van der Waals surface area contributed by atoms with Crippen LogP contribution in [0.1, 0.15) is 22.0 Å². The van der Waals surface area contributed by atoms with Gasteiger partial charge in [-0.25, -0.2) is 0 Å². The smallest absolute Gasteiger partial charge is 0.269 e. The summed E-state index contributed by atoms with van der Waals surface area (Å²) in [6.07, 6.45) is -2.25. The lowest BCUT2D eigenvalue weighted by Gasteiger charge is -2.29. The number of nitro groups is 1. The number of carbonyl (C=O) groups excluding carboxylic acids is 1. The maximum Gasteiger partial charge on any atom is 0.269 e. The van der Waals surface area contributed by atoms with Gasteiger partial charge in [0, 0.05) is 16.6 Å². The number of hydrogen-bond donors (Lipinski definition) is 1. The molecule has 0 amide bonds. The molecule has 0 bridgehead atoms. The van der Waals surface area contributed by atoms with Crippen molar-refractivity contribution in [3.05, 3.63) is 68.2 Å². The van der Waals surface area contributed by atoms with Crippen LogP contribution in [0.4, 0.5) is 5.69 Å². The van der Waals surface area contributed by atoms with E-state index in [4.69, 9.17) is 4.74 Å². The van der Waals surface area contributed by atoms with E-state index < -0.39 is 22.9 Å². The van der Waals surface area contributed by atoms with E-state index in [9.17, 15) is 20.0 Å². The molecule has 0 fully saturated rings. The Balaban J connectivity index is 1.98. The van der Waals surface area contributed by atoms with Crippen LogP contribution in [0.2, 0.25) is 0 Å². The molecule has 0 aliphatic carbocycles. The van der Waals surface area contributed by atoms with Crippen molar-refractivity contribution < 1.29 is 19.6 Å². The number of nitro benzene ring substituents is 1. The molecular formula is C15H10BrNO5. The fourth-order valence-corrected chi connectivity index (χ4v) is 2.67. The van der Waals surface area contributed by atoms with Crippen LogP contribution in [-0.2, 0) is 0 Å². The fraction of sp³-hybridized carbons (Fsp3) is 0.133. The second-order valence-electron chi connectivity index (χ2n) is 4.84. The summed E-state index contributed by atoms with van der Waals surface area (Å²) in [5, 5.41) is 20.8. The normalized spacial score (nSPS) is 20.2. The first-order chi connectivity index (χ1) is 10.5. The van der Waals surface area contributed by atoms with E-state index in [0.29, 0.717) is 16.9 Å². The second-order valence-corrected chi connectivity index (χ2v) is 5.75. The van der Waals surface area contributed by atoms with Crippen molar-refractivity contribution in [2.75, 3.05) is 0 Å². The van der Waals surface area contributed by atoms with Crippen molar-refractivity contribution >= 4 is 27.4 Å². The Morgan fingerprint density at radius 1 is 1.18 bits per heavy atom. The van der Waals surface area contributed by atoms with Crippen LogP contribution >= 0.6 is 15.9 Å². The van der Waals surface area contributed by atoms with Crippen molar-refractivity contribution in [1.82, 2.24) is 0 Å². The highest BCUT2D eigenvalue weighted by atomic mass is 79.9. The van der Waals surface area contributed by atoms with Gasteiger partial charge in [-0.05, 0) is 35.9 Å². The molecule has 7 heteroatoms. The quantitative estimate of drug-likeness (QED) is 0.654. The number of halogens is 1. The minimum Gasteiger partial charge on any atom is -0.482 e. The summed E-state index contributed by atoms with van der Waals surface area (Å²) >= 11 is 3.30. The Bertz CT molecular complexity index is 759. The van der Waals surface area contributed by atoms with Crippen LogP contribution in [-0.4, -0.2) is 21.9 Å². The third-order valence-electron chi connectivity index (χ3n) is 3.45. The van der Waals surface area contributed by atoms with Gasteiger partial charge in [0.15, 0.2) is 18.0 Å². The zero-order chi connectivity index (χ0) is 15.9. The van der Waals surface area contributed by atoms with Gasteiger partial charge < -0.3 is 9.84 Å². The van der Waals surface area contributed by atoms with Crippen LogP contribution in [0.25, 0.3) is 0 Å². The average Bonchev–Trinajstić information content (AvgIpc) is 2.51. The molecular weight excluding hydrogens is 354 g/mol. The molecule has 2 atom stereocenters. The van der Waals surface area contributed by atoms with E-state index in [1.807, 2.05) is 0 Å². The summed E-state index contributed by atoms with van der Waals surface area (Å²) in [6, 6.07) is 10.5. The van der Waals surface area contributed by atoms with E-state index in [1.54, 1.807) is 18.2 Å². The molecule has 0 radical (unpaired) electrons. The van der Waals surface area contributed by atoms with Gasteiger partial charge in [0.2, 0.25) is 0 Å². The zero-order valence-electron chi connectivity index (χ0n) is 11.1. The zero-order valence-corrected chi connectivity index (χ0v) is 12.7. The Morgan fingerprint density at radius 2 is 1.86 bits per heavy atom. The third-order valence-corrected chi connectivity index (χ3v) is 3.94. The SMILES string of the molecule is O=C1c2ccc(Br)cc2OC(c2ccc([N+](=O)[O-])cc2)C1O. The summed E-state index contributed by atoms with van der Waals surface area (Å²) in [4.78, 5) is 22.4. The molecule has 6 nitrogen and oxygen atoms in total. The number of nitrogens with zero attached hydrogens (tertiary/aromatic N) is 1. The minimum atomic E-state index is -1.35. The molecule has 0 saturated carbocycles. The minimum absolute atomic E-state index is 0.0662. The molecule has 1 N–H and O–H groups in total. The van der Waals surface area contributed by atoms with Gasteiger partial charge in [-0.1, -0.05) is 15.9 Å². The molecule has 0 saturated heterocycles. The standard InChI is InChI=1S/C15H10BrNO5/c16-9-3-6-11-12(7-9)22-15(14(19)13(11)18)8-1-4-10(5-2-8)17(20)21/h1-7,14-15,19H. The molecule has 2 aromatic carbocycles. The summed E-state index contributed by atoms with van der Waals surface area (Å²) in [7, 11) is 0. The van der Waals surface area contributed by atoms with Crippen LogP contribution < -0.4 is 4.74 Å². The summed E-state index contributed by atoms with van der Waals surface area (Å²) in [5.74, 6) is -0.0647. The molecule has 112 valence electrons. The van der Waals surface area contributed by atoms with E-state index in [-0.39, 0.29) is 5.69 Å². The van der Waals surface area contributed by atoms with Gasteiger partial charge in [0.05, 0.1) is 10.5 Å². The lowest BCUT2D eigenvalue weighted by atomic mass is 9.93. The van der Waals surface area contributed by atoms with Crippen LogP contribution in [0.3, 0.4) is 0 Å². The van der Waals surface area contributed by atoms with Crippen molar-refractivity contribution in [2.45, 2.75) is 12.2 Å². The van der Waals surface area contributed by atoms with Crippen molar-refractivity contribution in [2.24, 2.45) is 0 Å². The number of ketones is 1. The molecule has 2 aromatic rings. The van der Waals surface area contributed by atoms with Gasteiger partial charge in [-0.15, -0.1) is 0 Å². The monoisotopic (exact) mass is 363 g/mol. The summed E-state index contributed by atoms with van der Waals surface area (Å²) < 4.78 is 6.46. The van der Waals surface area contributed by atoms with Crippen molar-refractivity contribution in [1.29, 1.82) is 0 Å². The number of aliphatic hydroxyl groups excluding tert-OH is 1. The lowest BCUT2D eigenvalue weighted by Crippen LogP contribution is -2.36. The predicted octanol–water partition coefficient (Wildman–Crippen LogP) is 3.03. The molecule has 0 aromatic heterocycles. The summed E-state index contributed by atoms with van der Waals surface area (Å²) in [5.41, 5.74) is 0.745. The highest BCUT2D eigenvalue weighted by Crippen LogP contribution is 2.37. The Kier molecular flexibility index (Phi) is 3.67. The highest BCUT2D eigenvalue weighted by molar-refractivity contribution is 9.10. The number of hydrogen-bond acceptors (Lipinski definition) is 5. The maximum absolute atomic E-state index is 12.2. The van der Waals surface area contributed by atoms with Crippen molar-refractivity contribution in [3.63, 3.8) is 0 Å². The molecule has 1 aliphatic heterocycles. The van der Waals surface area contributed by atoms with Crippen LogP contribution in [0, 0.1) is 10.1 Å². The van der Waals surface area contributed by atoms with Gasteiger partial charge in [0.1, 0.15) is 5.75 Å². The number of Topliss-reactive ketones (excluding diaryl/α,β-unsaturated/α-hetero) is 1. The van der Waals surface area contributed by atoms with Gasteiger partial charge >= 0.3 is 0 Å². The fourth-order valence-electron chi connectivity index (χ4n) is 2.33. The Hall–Kier alpha value is -2.25. The van der Waals surface area contributed by atoms with Crippen LogP contribution in [0.5, 0.6) is 5.75 Å². The van der Waals surface area contributed by atoms with Gasteiger partial charge in [-0.2, -0.15) is 0 Å². The Morgan fingerprint density at radius 3 is 2.50 bits per heavy atom. The number of non-ortho nitro benzene ring substituents is 1. The van der Waals surface area contributed by atoms with E-state index in [0.717, 1.165) is 4.47 Å². The molecule has 22 heavy (non-hydrogen) atoms. The number of aliphatic hydroxyl groups is 1. The van der Waals surface area contributed by atoms with Crippen LogP contribution in [0.15, 0.2) is 46.9 Å².